The summed E-state index contributed by atoms with van der Waals surface area (Å²) in [5, 5.41) is 17.1. The molecule has 0 fully saturated rings. The van der Waals surface area contributed by atoms with E-state index < -0.39 is 18.5 Å². The fourth-order valence-electron chi connectivity index (χ4n) is 2.25. The van der Waals surface area contributed by atoms with Gasteiger partial charge in [0.05, 0.1) is 24.3 Å². The van der Waals surface area contributed by atoms with Crippen LogP contribution in [0.15, 0.2) is 48.5 Å². The second kappa shape index (κ2) is 16.3. The first-order valence-corrected chi connectivity index (χ1v) is 9.63. The van der Waals surface area contributed by atoms with E-state index >= 15 is 0 Å². The van der Waals surface area contributed by atoms with Gasteiger partial charge in [-0.1, -0.05) is 31.7 Å². The van der Waals surface area contributed by atoms with Gasteiger partial charge < -0.3 is 24.4 Å². The van der Waals surface area contributed by atoms with Gasteiger partial charge in [0.15, 0.2) is 11.6 Å². The Bertz CT molecular complexity index is 887. The highest BCUT2D eigenvalue weighted by atomic mass is 16.6. The van der Waals surface area contributed by atoms with E-state index in [4.69, 9.17) is 24.4 Å². The van der Waals surface area contributed by atoms with Gasteiger partial charge in [0.25, 0.3) is 0 Å². The molecule has 0 saturated carbocycles. The molecule has 0 aliphatic heterocycles. The van der Waals surface area contributed by atoms with Crippen molar-refractivity contribution in [3.05, 3.63) is 70.8 Å². The minimum absolute atomic E-state index is 0. The summed E-state index contributed by atoms with van der Waals surface area (Å²) >= 11 is 0. The van der Waals surface area contributed by atoms with Gasteiger partial charge in [-0.05, 0) is 31.2 Å². The van der Waals surface area contributed by atoms with Crippen molar-refractivity contribution in [1.82, 2.24) is 0 Å². The summed E-state index contributed by atoms with van der Waals surface area (Å²) in [7, 11) is 1.51. The average Bonchev–Trinajstić information content (AvgIpc) is 2.82. The van der Waals surface area contributed by atoms with Gasteiger partial charge in [-0.2, -0.15) is 0 Å². The molecule has 0 aliphatic carbocycles. The van der Waals surface area contributed by atoms with Crippen molar-refractivity contribution < 1.29 is 43.6 Å². The molecule has 0 amide bonds. The summed E-state index contributed by atoms with van der Waals surface area (Å²) in [6.07, 6.45) is 0. The van der Waals surface area contributed by atoms with Gasteiger partial charge in [0.1, 0.15) is 19.8 Å². The lowest BCUT2D eigenvalue weighted by Crippen LogP contribution is -2.11. The number of esters is 2. The molecule has 9 nitrogen and oxygen atoms in total. The molecule has 0 aliphatic rings. The van der Waals surface area contributed by atoms with E-state index in [0.717, 1.165) is 0 Å². The van der Waals surface area contributed by atoms with Crippen LogP contribution < -0.4 is 0 Å². The molecule has 0 spiro atoms. The molecule has 0 heterocycles. The van der Waals surface area contributed by atoms with Crippen molar-refractivity contribution in [2.75, 3.05) is 40.1 Å². The van der Waals surface area contributed by atoms with Gasteiger partial charge in [-0.15, -0.1) is 0 Å². The Hall–Kier alpha value is -3.40. The molecule has 9 heteroatoms. The van der Waals surface area contributed by atoms with E-state index in [1.54, 1.807) is 12.1 Å². The Labute approximate surface area is 192 Å². The zero-order valence-electron chi connectivity index (χ0n) is 17.9. The van der Waals surface area contributed by atoms with Crippen molar-refractivity contribution >= 4 is 23.5 Å². The van der Waals surface area contributed by atoms with E-state index in [9.17, 15) is 19.2 Å². The van der Waals surface area contributed by atoms with E-state index in [1.165, 1.54) is 50.4 Å². The normalized spacial score (nSPS) is 9.58. The SMILES string of the molecule is C.CC(=O)c1ccc(C(=O)CO)cc1.COCCOC(=O)c1ccc(C(=O)OCCO)cc1. The second-order valence-corrected chi connectivity index (χ2v) is 6.28. The summed E-state index contributed by atoms with van der Waals surface area (Å²) in [6.45, 7) is 1.19. The Kier molecular flexibility index (Phi) is 14.6. The minimum atomic E-state index is -0.548. The highest BCUT2D eigenvalue weighted by Gasteiger charge is 2.10. The molecule has 33 heavy (non-hydrogen) atoms. The molecule has 180 valence electrons. The molecule has 2 aromatic rings. The summed E-state index contributed by atoms with van der Waals surface area (Å²) in [4.78, 5) is 44.8. The minimum Gasteiger partial charge on any atom is -0.460 e. The average molecular weight is 462 g/mol. The van der Waals surface area contributed by atoms with Gasteiger partial charge in [-0.3, -0.25) is 9.59 Å². The number of rotatable bonds is 10. The first kappa shape index (κ1) is 29.6. The van der Waals surface area contributed by atoms with Crippen LogP contribution in [0.25, 0.3) is 0 Å². The zero-order chi connectivity index (χ0) is 23.9. The maximum atomic E-state index is 11.5. The van der Waals surface area contributed by atoms with E-state index in [2.05, 4.69) is 0 Å². The quantitative estimate of drug-likeness (QED) is 0.310. The number of carbonyl (C=O) groups excluding carboxylic acids is 4. The van der Waals surface area contributed by atoms with Gasteiger partial charge in [0, 0.05) is 18.2 Å². The first-order valence-electron chi connectivity index (χ1n) is 9.63. The second-order valence-electron chi connectivity index (χ2n) is 6.28. The highest BCUT2D eigenvalue weighted by Crippen LogP contribution is 2.08. The van der Waals surface area contributed by atoms with Crippen LogP contribution in [0, 0.1) is 0 Å². The predicted octanol–water partition coefficient (Wildman–Crippen LogP) is 2.34. The summed E-state index contributed by atoms with van der Waals surface area (Å²) in [5.74, 6) is -1.40. The molecule has 0 unspecified atom stereocenters. The smallest absolute Gasteiger partial charge is 0.338 e. The van der Waals surface area contributed by atoms with Crippen molar-refractivity contribution in [2.45, 2.75) is 14.4 Å². The van der Waals surface area contributed by atoms with Gasteiger partial charge in [0.2, 0.25) is 0 Å². The predicted molar refractivity (Wildman–Crippen MR) is 121 cm³/mol. The summed E-state index contributed by atoms with van der Waals surface area (Å²) < 4.78 is 14.4. The lowest BCUT2D eigenvalue weighted by molar-refractivity contribution is 0.0385. The number of carbonyl (C=O) groups is 4. The lowest BCUT2D eigenvalue weighted by atomic mass is 10.1. The molecule has 0 saturated heterocycles. The monoisotopic (exact) mass is 462 g/mol. The third kappa shape index (κ3) is 10.6. The molecule has 2 aromatic carbocycles. The van der Waals surface area contributed by atoms with E-state index in [0.29, 0.717) is 28.9 Å². The Morgan fingerprint density at radius 2 is 1.12 bits per heavy atom. The van der Waals surface area contributed by atoms with E-state index in [-0.39, 0.29) is 38.8 Å². The maximum Gasteiger partial charge on any atom is 0.338 e. The standard InChI is InChI=1S/C13H16O6.C10H10O3.CH4/c1-17-8-9-19-13(16)11-4-2-10(3-5-11)12(15)18-7-6-14;1-7(12)8-2-4-9(5-3-8)10(13)6-11;/h2-5,14H,6-9H2,1H3;2-5,11H,6H2,1H3;1H4. The Morgan fingerprint density at radius 1 is 0.697 bits per heavy atom. The van der Waals surface area contributed by atoms with Gasteiger partial charge in [-0.25, -0.2) is 9.59 Å². The molecule has 0 radical (unpaired) electrons. The van der Waals surface area contributed by atoms with Crippen LogP contribution in [0.3, 0.4) is 0 Å². The van der Waals surface area contributed by atoms with E-state index in [1.807, 2.05) is 0 Å². The topological polar surface area (TPSA) is 136 Å². The van der Waals surface area contributed by atoms with Crippen LogP contribution in [-0.2, 0) is 14.2 Å². The zero-order valence-corrected chi connectivity index (χ0v) is 17.9. The summed E-state index contributed by atoms with van der Waals surface area (Å²) in [5.41, 5.74) is 1.64. The largest absolute Gasteiger partial charge is 0.460 e. The number of ether oxygens (including phenoxy) is 3. The van der Waals surface area contributed by atoms with Crippen LogP contribution in [0.5, 0.6) is 0 Å². The van der Waals surface area contributed by atoms with Crippen LogP contribution >= 0.6 is 0 Å². The number of hydrogen-bond donors (Lipinski definition) is 2. The maximum absolute atomic E-state index is 11.5. The Morgan fingerprint density at radius 3 is 1.52 bits per heavy atom. The summed E-state index contributed by atoms with van der Waals surface area (Å²) in [6, 6.07) is 12.1. The molecule has 2 rings (SSSR count). The van der Waals surface area contributed by atoms with Crippen LogP contribution in [0.1, 0.15) is 55.8 Å². The molecule has 0 bridgehead atoms. The number of ketones is 2. The molecule has 2 N–H and O–H groups in total. The molecule has 0 aromatic heterocycles. The third-order valence-electron chi connectivity index (χ3n) is 3.96. The van der Waals surface area contributed by atoms with Crippen molar-refractivity contribution in [2.24, 2.45) is 0 Å². The fourth-order valence-corrected chi connectivity index (χ4v) is 2.25. The first-order chi connectivity index (χ1) is 15.3. The fraction of sp³-hybridized carbons (Fsp3) is 0.333. The molecular weight excluding hydrogens is 432 g/mol. The third-order valence-corrected chi connectivity index (χ3v) is 3.96. The van der Waals surface area contributed by atoms with Crippen molar-refractivity contribution in [3.8, 4) is 0 Å². The number of hydrogen-bond acceptors (Lipinski definition) is 9. The van der Waals surface area contributed by atoms with Crippen molar-refractivity contribution in [3.63, 3.8) is 0 Å². The van der Waals surface area contributed by atoms with Crippen LogP contribution in [-0.4, -0.2) is 73.9 Å². The van der Waals surface area contributed by atoms with Crippen LogP contribution in [0.2, 0.25) is 0 Å². The van der Waals surface area contributed by atoms with Gasteiger partial charge >= 0.3 is 11.9 Å². The number of aliphatic hydroxyl groups excluding tert-OH is 2. The van der Waals surface area contributed by atoms with Crippen molar-refractivity contribution in [1.29, 1.82) is 0 Å². The van der Waals surface area contributed by atoms with Crippen LogP contribution in [0.4, 0.5) is 0 Å². The Balaban J connectivity index is 0.000000642. The number of benzene rings is 2. The molecular formula is C24H30O9. The highest BCUT2D eigenvalue weighted by molar-refractivity contribution is 5.99. The number of aliphatic hydroxyl groups is 2. The number of Topliss-reactive ketones (excluding diaryl/α,β-unsaturated/α-hetero) is 2. The number of methoxy groups -OCH3 is 1. The molecule has 0 atom stereocenters. The lowest BCUT2D eigenvalue weighted by Gasteiger charge is -2.05.